The van der Waals surface area contributed by atoms with Crippen LogP contribution in [0.4, 0.5) is 11.5 Å². The third-order valence-corrected chi connectivity index (χ3v) is 4.90. The Balaban J connectivity index is 1.75. The molecule has 0 radical (unpaired) electrons. The first-order valence-electron chi connectivity index (χ1n) is 9.41. The van der Waals surface area contributed by atoms with Crippen molar-refractivity contribution in [1.29, 1.82) is 0 Å². The number of rotatable bonds is 7. The zero-order valence-electron chi connectivity index (χ0n) is 15.5. The summed E-state index contributed by atoms with van der Waals surface area (Å²) in [4.78, 5) is 30.0. The SMILES string of the molecule is CCCCC(=O)Nc1cnc(N2CCC(c3ccccc3)C2)c(C(=O)O)c1. The van der Waals surface area contributed by atoms with E-state index >= 15 is 0 Å². The number of carbonyl (C=O) groups is 2. The van der Waals surface area contributed by atoms with Gasteiger partial charge < -0.3 is 15.3 Å². The second-order valence-corrected chi connectivity index (χ2v) is 6.89. The van der Waals surface area contributed by atoms with Crippen molar-refractivity contribution in [2.75, 3.05) is 23.3 Å². The van der Waals surface area contributed by atoms with Crippen molar-refractivity contribution >= 4 is 23.4 Å². The molecular formula is C21H25N3O3. The van der Waals surface area contributed by atoms with Crippen molar-refractivity contribution in [1.82, 2.24) is 4.98 Å². The predicted molar refractivity (Wildman–Crippen MR) is 105 cm³/mol. The summed E-state index contributed by atoms with van der Waals surface area (Å²) >= 11 is 0. The Hall–Kier alpha value is -2.89. The average molecular weight is 367 g/mol. The van der Waals surface area contributed by atoms with Gasteiger partial charge in [0.05, 0.1) is 11.9 Å². The van der Waals surface area contributed by atoms with Crippen LogP contribution in [0.15, 0.2) is 42.6 Å². The maximum atomic E-state index is 11.9. The van der Waals surface area contributed by atoms with Gasteiger partial charge in [0.25, 0.3) is 0 Å². The number of carbonyl (C=O) groups excluding carboxylic acids is 1. The highest BCUT2D eigenvalue weighted by atomic mass is 16.4. The first-order chi connectivity index (χ1) is 13.1. The molecule has 2 N–H and O–H groups in total. The average Bonchev–Trinajstić information content (AvgIpc) is 3.17. The number of nitrogens with one attached hydrogen (secondary N) is 1. The van der Waals surface area contributed by atoms with Crippen LogP contribution in [0.3, 0.4) is 0 Å². The first-order valence-corrected chi connectivity index (χ1v) is 9.41. The molecule has 0 aliphatic carbocycles. The van der Waals surface area contributed by atoms with Crippen LogP contribution < -0.4 is 10.2 Å². The topological polar surface area (TPSA) is 82.5 Å². The summed E-state index contributed by atoms with van der Waals surface area (Å²) in [6.07, 6.45) is 4.66. The molecule has 6 nitrogen and oxygen atoms in total. The van der Waals surface area contributed by atoms with Crippen LogP contribution >= 0.6 is 0 Å². The summed E-state index contributed by atoms with van der Waals surface area (Å²) in [7, 11) is 0. The van der Waals surface area contributed by atoms with Gasteiger partial charge in [-0.25, -0.2) is 9.78 Å². The fourth-order valence-electron chi connectivity index (χ4n) is 3.45. The highest BCUT2D eigenvalue weighted by Crippen LogP contribution is 2.32. The molecule has 2 aromatic rings. The molecule has 0 spiro atoms. The maximum Gasteiger partial charge on any atom is 0.339 e. The van der Waals surface area contributed by atoms with Gasteiger partial charge in [-0.2, -0.15) is 0 Å². The highest BCUT2D eigenvalue weighted by Gasteiger charge is 2.28. The van der Waals surface area contributed by atoms with E-state index in [2.05, 4.69) is 22.4 Å². The Morgan fingerprint density at radius 2 is 2.07 bits per heavy atom. The number of nitrogens with zero attached hydrogens (tertiary/aromatic N) is 2. The normalized spacial score (nSPS) is 16.3. The maximum absolute atomic E-state index is 11.9. The molecule has 1 atom stereocenters. The van der Waals surface area contributed by atoms with Gasteiger partial charge >= 0.3 is 5.97 Å². The predicted octanol–water partition coefficient (Wildman–Crippen LogP) is 3.90. The first kappa shape index (κ1) is 18.9. The minimum atomic E-state index is -1.04. The number of anilines is 2. The third kappa shape index (κ3) is 4.64. The summed E-state index contributed by atoms with van der Waals surface area (Å²) in [5.74, 6) is -0.325. The lowest BCUT2D eigenvalue weighted by Gasteiger charge is -2.20. The summed E-state index contributed by atoms with van der Waals surface area (Å²) < 4.78 is 0. The van der Waals surface area contributed by atoms with E-state index in [1.165, 1.54) is 11.6 Å². The van der Waals surface area contributed by atoms with Gasteiger partial charge in [-0.3, -0.25) is 4.79 Å². The molecule has 1 aromatic carbocycles. The highest BCUT2D eigenvalue weighted by molar-refractivity contribution is 5.97. The van der Waals surface area contributed by atoms with Crippen molar-refractivity contribution in [3.8, 4) is 0 Å². The van der Waals surface area contributed by atoms with Crippen LogP contribution in [0.2, 0.25) is 0 Å². The minimum absolute atomic E-state index is 0.118. The molecule has 1 fully saturated rings. The zero-order chi connectivity index (χ0) is 19.2. The summed E-state index contributed by atoms with van der Waals surface area (Å²) in [6.45, 7) is 3.51. The van der Waals surface area contributed by atoms with Crippen LogP contribution in [0, 0.1) is 0 Å². The van der Waals surface area contributed by atoms with Crippen molar-refractivity contribution in [3.05, 3.63) is 53.7 Å². The number of carboxylic acid groups (broad SMARTS) is 1. The van der Waals surface area contributed by atoms with E-state index in [1.807, 2.05) is 30.0 Å². The number of benzene rings is 1. The molecule has 142 valence electrons. The number of unbranched alkanes of at least 4 members (excludes halogenated alkanes) is 1. The van der Waals surface area contributed by atoms with Gasteiger partial charge in [0.2, 0.25) is 5.91 Å². The van der Waals surface area contributed by atoms with Crippen LogP contribution in [0.5, 0.6) is 0 Å². The number of carboxylic acids is 1. The second kappa shape index (κ2) is 8.66. The van der Waals surface area contributed by atoms with Gasteiger partial charge in [-0.15, -0.1) is 0 Å². The Labute approximate surface area is 159 Å². The quantitative estimate of drug-likeness (QED) is 0.775. The van der Waals surface area contributed by atoms with E-state index in [0.717, 1.165) is 32.4 Å². The van der Waals surface area contributed by atoms with Gasteiger partial charge in [0, 0.05) is 25.4 Å². The Bertz CT molecular complexity index is 808. The molecule has 27 heavy (non-hydrogen) atoms. The number of hydrogen-bond acceptors (Lipinski definition) is 4. The van der Waals surface area contributed by atoms with Crippen molar-refractivity contribution in [2.45, 2.75) is 38.5 Å². The lowest BCUT2D eigenvalue weighted by Crippen LogP contribution is -2.23. The number of hydrogen-bond donors (Lipinski definition) is 2. The molecule has 6 heteroatoms. The van der Waals surface area contributed by atoms with Gasteiger partial charge in [-0.05, 0) is 24.5 Å². The molecule has 1 saturated heterocycles. The van der Waals surface area contributed by atoms with E-state index in [0.29, 0.717) is 23.8 Å². The number of aromatic nitrogens is 1. The van der Waals surface area contributed by atoms with Crippen molar-refractivity contribution in [3.63, 3.8) is 0 Å². The van der Waals surface area contributed by atoms with Crippen LogP contribution in [0.1, 0.15) is 54.4 Å². The molecule has 3 rings (SSSR count). The molecule has 1 aliphatic heterocycles. The molecule has 1 aliphatic rings. The van der Waals surface area contributed by atoms with E-state index in [1.54, 1.807) is 6.20 Å². The Kier molecular flexibility index (Phi) is 6.06. The molecule has 0 bridgehead atoms. The second-order valence-electron chi connectivity index (χ2n) is 6.89. The van der Waals surface area contributed by atoms with Crippen molar-refractivity contribution in [2.24, 2.45) is 0 Å². The van der Waals surface area contributed by atoms with E-state index in [4.69, 9.17) is 0 Å². The van der Waals surface area contributed by atoms with Crippen LogP contribution in [-0.4, -0.2) is 35.1 Å². The van der Waals surface area contributed by atoms with Crippen LogP contribution in [-0.2, 0) is 4.79 Å². The lowest BCUT2D eigenvalue weighted by molar-refractivity contribution is -0.116. The summed E-state index contributed by atoms with van der Waals surface area (Å²) in [6, 6.07) is 11.8. The fourth-order valence-corrected chi connectivity index (χ4v) is 3.45. The van der Waals surface area contributed by atoms with E-state index < -0.39 is 5.97 Å². The largest absolute Gasteiger partial charge is 0.478 e. The minimum Gasteiger partial charge on any atom is -0.478 e. The fraction of sp³-hybridized carbons (Fsp3) is 0.381. The molecule has 1 unspecified atom stereocenters. The molecular weight excluding hydrogens is 342 g/mol. The number of aromatic carboxylic acids is 1. The third-order valence-electron chi connectivity index (χ3n) is 4.90. The Morgan fingerprint density at radius 1 is 1.30 bits per heavy atom. The number of pyridine rings is 1. The van der Waals surface area contributed by atoms with Gasteiger partial charge in [0.15, 0.2) is 0 Å². The van der Waals surface area contributed by atoms with Crippen molar-refractivity contribution < 1.29 is 14.7 Å². The van der Waals surface area contributed by atoms with Gasteiger partial charge in [-0.1, -0.05) is 43.7 Å². The lowest BCUT2D eigenvalue weighted by atomic mass is 9.99. The molecule has 1 aromatic heterocycles. The Morgan fingerprint density at radius 3 is 2.78 bits per heavy atom. The van der Waals surface area contributed by atoms with Crippen LogP contribution in [0.25, 0.3) is 0 Å². The zero-order valence-corrected chi connectivity index (χ0v) is 15.5. The van der Waals surface area contributed by atoms with E-state index in [-0.39, 0.29) is 11.5 Å². The molecule has 1 amide bonds. The molecule has 2 heterocycles. The monoisotopic (exact) mass is 367 g/mol. The summed E-state index contributed by atoms with van der Waals surface area (Å²) in [5, 5.41) is 12.4. The van der Waals surface area contributed by atoms with E-state index in [9.17, 15) is 14.7 Å². The smallest absolute Gasteiger partial charge is 0.339 e. The standard InChI is InChI=1S/C21H25N3O3/c1-2-3-9-19(25)23-17-12-18(21(26)27)20(22-13-17)24-11-10-16(14-24)15-7-5-4-6-8-15/h4-8,12-13,16H,2-3,9-11,14H2,1H3,(H,23,25)(H,26,27). The molecule has 0 saturated carbocycles. The number of amides is 1. The summed E-state index contributed by atoms with van der Waals surface area (Å²) in [5.41, 5.74) is 1.81. The van der Waals surface area contributed by atoms with Gasteiger partial charge in [0.1, 0.15) is 11.4 Å².